The Labute approximate surface area is 115 Å². The number of rotatable bonds is 4. The second-order valence-corrected chi connectivity index (χ2v) is 5.77. The van der Waals surface area contributed by atoms with E-state index in [9.17, 15) is 13.2 Å². The van der Waals surface area contributed by atoms with Gasteiger partial charge in [-0.15, -0.1) is 0 Å². The van der Waals surface area contributed by atoms with Crippen molar-refractivity contribution in [2.45, 2.75) is 5.03 Å². The molecule has 0 atom stereocenters. The summed E-state index contributed by atoms with van der Waals surface area (Å²) in [6.07, 6.45) is 2.48. The largest absolute Gasteiger partial charge is 0.478 e. The molecule has 0 saturated heterocycles. The van der Waals surface area contributed by atoms with Gasteiger partial charge in [-0.1, -0.05) is 6.07 Å². The number of carboxylic acids is 1. The topological polar surface area (TPSA) is 100 Å². The quantitative estimate of drug-likeness (QED) is 0.902. The van der Waals surface area contributed by atoms with Crippen molar-refractivity contribution in [2.24, 2.45) is 0 Å². The molecule has 2 heterocycles. The number of hydrogen-bond acceptors (Lipinski definition) is 5. The predicted molar refractivity (Wildman–Crippen MR) is 71.0 cm³/mol. The van der Waals surface area contributed by atoms with Gasteiger partial charge < -0.3 is 5.11 Å². The fourth-order valence-corrected chi connectivity index (χ4v) is 2.52. The van der Waals surface area contributed by atoms with Crippen molar-refractivity contribution in [3.63, 3.8) is 0 Å². The minimum atomic E-state index is -3.87. The lowest BCUT2D eigenvalue weighted by molar-refractivity contribution is 0.0696. The van der Waals surface area contributed by atoms with Gasteiger partial charge in [0, 0.05) is 19.4 Å². The Bertz CT molecular complexity index is 714. The molecule has 20 heavy (non-hydrogen) atoms. The minimum absolute atomic E-state index is 0.0792. The van der Waals surface area contributed by atoms with Gasteiger partial charge in [0.05, 0.1) is 5.56 Å². The summed E-state index contributed by atoms with van der Waals surface area (Å²) in [5.41, 5.74) is -0.0792. The maximum Gasteiger partial charge on any atom is 0.337 e. The van der Waals surface area contributed by atoms with E-state index in [1.54, 1.807) is 18.2 Å². The molecule has 2 rings (SSSR count). The molecule has 0 radical (unpaired) electrons. The number of anilines is 1. The van der Waals surface area contributed by atoms with Crippen molar-refractivity contribution < 1.29 is 18.3 Å². The molecule has 0 amide bonds. The van der Waals surface area contributed by atoms with Gasteiger partial charge in [0.1, 0.15) is 5.82 Å². The molecular formula is C12H11N3O4S. The van der Waals surface area contributed by atoms with E-state index in [-0.39, 0.29) is 16.4 Å². The predicted octanol–water partition coefficient (Wildman–Crippen LogP) is 1.000. The highest BCUT2D eigenvalue weighted by Gasteiger charge is 2.23. The lowest BCUT2D eigenvalue weighted by Crippen LogP contribution is -2.28. The average Bonchev–Trinajstić information content (AvgIpc) is 2.47. The van der Waals surface area contributed by atoms with Gasteiger partial charge in [0.15, 0.2) is 5.03 Å². The Kier molecular flexibility index (Phi) is 3.66. The fourth-order valence-electron chi connectivity index (χ4n) is 1.46. The third-order valence-electron chi connectivity index (χ3n) is 2.58. The molecule has 0 spiro atoms. The molecule has 0 aliphatic heterocycles. The Morgan fingerprint density at radius 1 is 1.20 bits per heavy atom. The van der Waals surface area contributed by atoms with E-state index in [2.05, 4.69) is 9.97 Å². The van der Waals surface area contributed by atoms with Crippen LogP contribution in [-0.4, -0.2) is 36.5 Å². The van der Waals surface area contributed by atoms with Crippen LogP contribution >= 0.6 is 0 Å². The highest BCUT2D eigenvalue weighted by Crippen LogP contribution is 2.18. The molecule has 8 heteroatoms. The summed E-state index contributed by atoms with van der Waals surface area (Å²) in [5, 5.41) is 8.52. The molecule has 0 aromatic carbocycles. The fraction of sp³-hybridized carbons (Fsp3) is 0.0833. The van der Waals surface area contributed by atoms with Crippen LogP contribution in [0.2, 0.25) is 0 Å². The van der Waals surface area contributed by atoms with Gasteiger partial charge in [-0.3, -0.25) is 4.31 Å². The average molecular weight is 293 g/mol. The Balaban J connectivity index is 2.37. The Morgan fingerprint density at radius 3 is 2.45 bits per heavy atom. The number of pyridine rings is 2. The molecule has 104 valence electrons. The zero-order valence-electron chi connectivity index (χ0n) is 10.5. The van der Waals surface area contributed by atoms with Crippen molar-refractivity contribution in [3.8, 4) is 0 Å². The van der Waals surface area contributed by atoms with Crippen molar-refractivity contribution in [2.75, 3.05) is 11.4 Å². The summed E-state index contributed by atoms with van der Waals surface area (Å²) in [4.78, 5) is 18.3. The summed E-state index contributed by atoms with van der Waals surface area (Å²) in [6, 6.07) is 7.22. The molecule has 2 aromatic rings. The van der Waals surface area contributed by atoms with E-state index in [0.717, 1.165) is 16.6 Å². The number of nitrogens with zero attached hydrogens (tertiary/aromatic N) is 3. The van der Waals surface area contributed by atoms with E-state index >= 15 is 0 Å². The van der Waals surface area contributed by atoms with E-state index in [1.807, 2.05) is 0 Å². The van der Waals surface area contributed by atoms with Crippen LogP contribution in [0.3, 0.4) is 0 Å². The van der Waals surface area contributed by atoms with Gasteiger partial charge in [0.2, 0.25) is 0 Å². The number of hydrogen-bond donors (Lipinski definition) is 1. The van der Waals surface area contributed by atoms with E-state index in [1.165, 1.54) is 19.3 Å². The Morgan fingerprint density at radius 2 is 1.95 bits per heavy atom. The molecule has 0 aliphatic rings. The van der Waals surface area contributed by atoms with Crippen molar-refractivity contribution >= 4 is 21.8 Å². The molecular weight excluding hydrogens is 282 g/mol. The van der Waals surface area contributed by atoms with Gasteiger partial charge in [-0.05, 0) is 24.3 Å². The molecule has 0 bridgehead atoms. The number of aromatic carboxylic acids is 1. The SMILES string of the molecule is CN(c1ccccn1)S(=O)(=O)c1ccc(C(=O)O)cn1. The number of carboxylic acid groups (broad SMARTS) is 1. The first kappa shape index (κ1) is 13.9. The van der Waals surface area contributed by atoms with Crippen LogP contribution in [-0.2, 0) is 10.0 Å². The first-order chi connectivity index (χ1) is 9.43. The van der Waals surface area contributed by atoms with Gasteiger partial charge >= 0.3 is 5.97 Å². The van der Waals surface area contributed by atoms with Crippen LogP contribution in [0.25, 0.3) is 0 Å². The highest BCUT2D eigenvalue weighted by molar-refractivity contribution is 7.92. The van der Waals surface area contributed by atoms with Gasteiger partial charge in [-0.2, -0.15) is 8.42 Å². The third kappa shape index (κ3) is 2.59. The summed E-state index contributed by atoms with van der Waals surface area (Å²) in [6.45, 7) is 0. The second-order valence-electron chi connectivity index (χ2n) is 3.85. The molecule has 0 unspecified atom stereocenters. The highest BCUT2D eigenvalue weighted by atomic mass is 32.2. The summed E-state index contributed by atoms with van der Waals surface area (Å²) < 4.78 is 25.6. The zero-order valence-corrected chi connectivity index (χ0v) is 11.3. The third-order valence-corrected chi connectivity index (χ3v) is 4.26. The molecule has 0 saturated carbocycles. The van der Waals surface area contributed by atoms with Crippen LogP contribution in [0.4, 0.5) is 5.82 Å². The standard InChI is InChI=1S/C12H11N3O4S/c1-15(10-4-2-3-7-13-10)20(18,19)11-6-5-9(8-14-11)12(16)17/h2-8H,1H3,(H,16,17). The molecule has 0 aliphatic carbocycles. The zero-order chi connectivity index (χ0) is 14.8. The molecule has 7 nitrogen and oxygen atoms in total. The number of aromatic nitrogens is 2. The summed E-state index contributed by atoms with van der Waals surface area (Å²) in [5.74, 6) is -0.920. The monoisotopic (exact) mass is 293 g/mol. The van der Waals surface area contributed by atoms with E-state index in [0.29, 0.717) is 0 Å². The van der Waals surface area contributed by atoms with Crippen LogP contribution in [0.1, 0.15) is 10.4 Å². The van der Waals surface area contributed by atoms with E-state index < -0.39 is 16.0 Å². The smallest absolute Gasteiger partial charge is 0.337 e. The van der Waals surface area contributed by atoms with Crippen molar-refractivity contribution in [1.29, 1.82) is 0 Å². The summed E-state index contributed by atoms with van der Waals surface area (Å²) in [7, 11) is -2.52. The summed E-state index contributed by atoms with van der Waals surface area (Å²) >= 11 is 0. The minimum Gasteiger partial charge on any atom is -0.478 e. The van der Waals surface area contributed by atoms with Crippen molar-refractivity contribution in [3.05, 3.63) is 48.3 Å². The first-order valence-corrected chi connectivity index (χ1v) is 6.96. The number of carbonyl (C=O) groups is 1. The normalized spacial score (nSPS) is 11.1. The molecule has 1 N–H and O–H groups in total. The van der Waals surface area contributed by atoms with Crippen LogP contribution in [0.15, 0.2) is 47.8 Å². The lowest BCUT2D eigenvalue weighted by atomic mass is 10.3. The van der Waals surface area contributed by atoms with Crippen LogP contribution < -0.4 is 4.31 Å². The lowest BCUT2D eigenvalue weighted by Gasteiger charge is -2.17. The van der Waals surface area contributed by atoms with Crippen molar-refractivity contribution in [1.82, 2.24) is 9.97 Å². The molecule has 0 fully saturated rings. The second kappa shape index (κ2) is 5.25. The Hall–Kier alpha value is -2.48. The van der Waals surface area contributed by atoms with Crippen LogP contribution in [0, 0.1) is 0 Å². The van der Waals surface area contributed by atoms with Gasteiger partial charge in [-0.25, -0.2) is 14.8 Å². The number of sulfonamides is 1. The van der Waals surface area contributed by atoms with Crippen LogP contribution in [0.5, 0.6) is 0 Å². The first-order valence-electron chi connectivity index (χ1n) is 5.52. The molecule has 2 aromatic heterocycles. The maximum absolute atomic E-state index is 12.3. The van der Waals surface area contributed by atoms with Gasteiger partial charge in [0.25, 0.3) is 10.0 Å². The maximum atomic E-state index is 12.3. The van der Waals surface area contributed by atoms with E-state index in [4.69, 9.17) is 5.11 Å².